The summed E-state index contributed by atoms with van der Waals surface area (Å²) >= 11 is 0. The summed E-state index contributed by atoms with van der Waals surface area (Å²) in [6.07, 6.45) is 4.84. The zero-order valence-electron chi connectivity index (χ0n) is 11.6. The molecule has 0 aromatic heterocycles. The molecule has 0 amide bonds. The molecule has 0 saturated carbocycles. The van der Waals surface area contributed by atoms with Gasteiger partial charge in [0.05, 0.1) is 4.92 Å². The Morgan fingerprint density at radius 2 is 1.62 bits per heavy atom. The summed E-state index contributed by atoms with van der Waals surface area (Å²) in [6, 6.07) is 13.7. The van der Waals surface area contributed by atoms with Gasteiger partial charge in [-0.2, -0.15) is 0 Å². The van der Waals surface area contributed by atoms with Crippen LogP contribution in [0.3, 0.4) is 0 Å². The third kappa shape index (κ3) is 1.88. The second-order valence-electron chi connectivity index (χ2n) is 5.73. The van der Waals surface area contributed by atoms with E-state index >= 15 is 0 Å². The van der Waals surface area contributed by atoms with Crippen LogP contribution in [0.25, 0.3) is 21.5 Å². The SMILES string of the molecule is O=[N+]([O-])c1ccc2c(ccc3c4c(ccc32)CCCC4)c1. The van der Waals surface area contributed by atoms with Crippen LogP contribution in [0.4, 0.5) is 5.69 Å². The minimum absolute atomic E-state index is 0.153. The number of non-ortho nitro benzene ring substituents is 1. The molecule has 0 saturated heterocycles. The van der Waals surface area contributed by atoms with Crippen LogP contribution in [0.1, 0.15) is 24.0 Å². The van der Waals surface area contributed by atoms with Gasteiger partial charge in [-0.05, 0) is 64.4 Å². The molecule has 3 aromatic carbocycles. The summed E-state index contributed by atoms with van der Waals surface area (Å²) in [6.45, 7) is 0. The first-order chi connectivity index (χ1) is 10.2. The lowest BCUT2D eigenvalue weighted by molar-refractivity contribution is -0.384. The Morgan fingerprint density at radius 1 is 0.857 bits per heavy atom. The fourth-order valence-corrected chi connectivity index (χ4v) is 3.50. The summed E-state index contributed by atoms with van der Waals surface area (Å²) in [5.41, 5.74) is 3.09. The molecule has 3 aromatic rings. The summed E-state index contributed by atoms with van der Waals surface area (Å²) in [5, 5.41) is 15.5. The minimum Gasteiger partial charge on any atom is -0.258 e. The molecule has 0 unspecified atom stereocenters. The summed E-state index contributed by atoms with van der Waals surface area (Å²) in [7, 11) is 0. The van der Waals surface area contributed by atoms with E-state index in [0.29, 0.717) is 0 Å². The van der Waals surface area contributed by atoms with Gasteiger partial charge in [-0.1, -0.05) is 24.3 Å². The number of hydrogen-bond acceptors (Lipinski definition) is 2. The number of rotatable bonds is 1. The Balaban J connectivity index is 2.04. The van der Waals surface area contributed by atoms with Gasteiger partial charge < -0.3 is 0 Å². The molecule has 0 fully saturated rings. The van der Waals surface area contributed by atoms with E-state index in [4.69, 9.17) is 0 Å². The van der Waals surface area contributed by atoms with Crippen molar-refractivity contribution in [1.29, 1.82) is 0 Å². The molecule has 1 aliphatic carbocycles. The van der Waals surface area contributed by atoms with Gasteiger partial charge in [0.25, 0.3) is 5.69 Å². The maximum atomic E-state index is 10.9. The molecule has 0 radical (unpaired) electrons. The average Bonchev–Trinajstić information content (AvgIpc) is 2.53. The van der Waals surface area contributed by atoms with E-state index < -0.39 is 0 Å². The van der Waals surface area contributed by atoms with Gasteiger partial charge in [0.15, 0.2) is 0 Å². The standard InChI is InChI=1S/C18H15NO2/c20-19(21)14-7-10-16-13(11-14)6-9-17-15-4-2-1-3-12(15)5-8-18(16)17/h5-11H,1-4H2. The monoisotopic (exact) mass is 277 g/mol. The molecule has 104 valence electrons. The van der Waals surface area contributed by atoms with E-state index in [1.807, 2.05) is 12.1 Å². The van der Waals surface area contributed by atoms with E-state index in [1.54, 1.807) is 12.1 Å². The predicted molar refractivity (Wildman–Crippen MR) is 84.8 cm³/mol. The highest BCUT2D eigenvalue weighted by molar-refractivity contribution is 6.09. The maximum Gasteiger partial charge on any atom is 0.270 e. The normalized spacial score (nSPS) is 14.3. The van der Waals surface area contributed by atoms with Crippen LogP contribution >= 0.6 is 0 Å². The number of aryl methyl sites for hydroxylation is 2. The fourth-order valence-electron chi connectivity index (χ4n) is 3.50. The lowest BCUT2D eigenvalue weighted by Gasteiger charge is -2.18. The predicted octanol–water partition coefficient (Wildman–Crippen LogP) is 4.78. The molecular formula is C18H15NO2. The van der Waals surface area contributed by atoms with Crippen molar-refractivity contribution in [2.75, 3.05) is 0 Å². The molecule has 0 spiro atoms. The highest BCUT2D eigenvalue weighted by atomic mass is 16.6. The molecule has 0 aliphatic heterocycles. The lowest BCUT2D eigenvalue weighted by atomic mass is 9.86. The van der Waals surface area contributed by atoms with Crippen LogP contribution < -0.4 is 0 Å². The van der Waals surface area contributed by atoms with Crippen molar-refractivity contribution in [3.8, 4) is 0 Å². The average molecular weight is 277 g/mol. The quantitative estimate of drug-likeness (QED) is 0.365. The number of nitrogens with zero attached hydrogens (tertiary/aromatic N) is 1. The minimum atomic E-state index is -0.337. The molecule has 0 atom stereocenters. The van der Waals surface area contributed by atoms with Gasteiger partial charge in [-0.15, -0.1) is 0 Å². The van der Waals surface area contributed by atoms with Gasteiger partial charge in [-0.25, -0.2) is 0 Å². The largest absolute Gasteiger partial charge is 0.270 e. The number of fused-ring (bicyclic) bond motifs is 5. The van der Waals surface area contributed by atoms with Gasteiger partial charge in [0.1, 0.15) is 0 Å². The van der Waals surface area contributed by atoms with Crippen molar-refractivity contribution in [1.82, 2.24) is 0 Å². The summed E-state index contributed by atoms with van der Waals surface area (Å²) in [4.78, 5) is 10.6. The number of hydrogen-bond donors (Lipinski definition) is 0. The van der Waals surface area contributed by atoms with E-state index in [0.717, 1.165) is 17.2 Å². The molecular weight excluding hydrogens is 262 g/mol. The second kappa shape index (κ2) is 4.55. The molecule has 1 aliphatic rings. The first kappa shape index (κ1) is 12.3. The van der Waals surface area contributed by atoms with E-state index in [-0.39, 0.29) is 10.6 Å². The van der Waals surface area contributed by atoms with Crippen molar-refractivity contribution in [2.24, 2.45) is 0 Å². The third-order valence-electron chi connectivity index (χ3n) is 4.54. The Hall–Kier alpha value is -2.42. The molecule has 3 heteroatoms. The number of nitro benzene ring substituents is 1. The maximum absolute atomic E-state index is 10.9. The Kier molecular flexibility index (Phi) is 2.67. The highest BCUT2D eigenvalue weighted by Gasteiger charge is 2.14. The first-order valence-electron chi connectivity index (χ1n) is 7.36. The zero-order valence-corrected chi connectivity index (χ0v) is 11.6. The zero-order chi connectivity index (χ0) is 14.4. The van der Waals surface area contributed by atoms with Crippen LogP contribution in [0.15, 0.2) is 42.5 Å². The van der Waals surface area contributed by atoms with Gasteiger partial charge in [0, 0.05) is 12.1 Å². The molecule has 0 heterocycles. The number of benzene rings is 3. The molecule has 0 bridgehead atoms. The van der Waals surface area contributed by atoms with Crippen LogP contribution in [0, 0.1) is 10.1 Å². The van der Waals surface area contributed by atoms with Crippen LogP contribution in [-0.4, -0.2) is 4.92 Å². The Morgan fingerprint density at radius 3 is 2.48 bits per heavy atom. The van der Waals surface area contributed by atoms with Crippen molar-refractivity contribution < 1.29 is 4.92 Å². The third-order valence-corrected chi connectivity index (χ3v) is 4.54. The first-order valence-corrected chi connectivity index (χ1v) is 7.36. The summed E-state index contributed by atoms with van der Waals surface area (Å²) < 4.78 is 0. The summed E-state index contributed by atoms with van der Waals surface area (Å²) in [5.74, 6) is 0. The Bertz CT molecular complexity index is 883. The molecule has 0 N–H and O–H groups in total. The molecule has 4 rings (SSSR count). The van der Waals surface area contributed by atoms with Crippen molar-refractivity contribution in [3.05, 3.63) is 63.7 Å². The van der Waals surface area contributed by atoms with Crippen molar-refractivity contribution in [3.63, 3.8) is 0 Å². The molecule has 21 heavy (non-hydrogen) atoms. The number of nitro groups is 1. The van der Waals surface area contributed by atoms with E-state index in [9.17, 15) is 10.1 Å². The van der Waals surface area contributed by atoms with Gasteiger partial charge in [0.2, 0.25) is 0 Å². The smallest absolute Gasteiger partial charge is 0.258 e. The Labute approximate surface area is 122 Å². The second-order valence-corrected chi connectivity index (χ2v) is 5.73. The van der Waals surface area contributed by atoms with E-state index in [2.05, 4.69) is 18.2 Å². The van der Waals surface area contributed by atoms with Crippen molar-refractivity contribution in [2.45, 2.75) is 25.7 Å². The highest BCUT2D eigenvalue weighted by Crippen LogP contribution is 2.34. The molecule has 3 nitrogen and oxygen atoms in total. The van der Waals surface area contributed by atoms with Crippen molar-refractivity contribution >= 4 is 27.2 Å². The van der Waals surface area contributed by atoms with E-state index in [1.165, 1.54) is 41.2 Å². The lowest BCUT2D eigenvalue weighted by Crippen LogP contribution is -2.03. The topological polar surface area (TPSA) is 43.1 Å². The van der Waals surface area contributed by atoms with Gasteiger partial charge >= 0.3 is 0 Å². The van der Waals surface area contributed by atoms with Crippen LogP contribution in [0.2, 0.25) is 0 Å². The van der Waals surface area contributed by atoms with Gasteiger partial charge in [-0.3, -0.25) is 10.1 Å². The fraction of sp³-hybridized carbons (Fsp3) is 0.222. The van der Waals surface area contributed by atoms with Crippen LogP contribution in [-0.2, 0) is 12.8 Å². The van der Waals surface area contributed by atoms with Crippen LogP contribution in [0.5, 0.6) is 0 Å².